The van der Waals surface area contributed by atoms with E-state index in [-0.39, 0.29) is 0 Å². The number of carbonyl (C=O) groups is 2. The molecule has 154 valence electrons. The summed E-state index contributed by atoms with van der Waals surface area (Å²) in [5, 5.41) is 2.72. The minimum atomic E-state index is -0.923. The van der Waals surface area contributed by atoms with Crippen molar-refractivity contribution in [3.05, 3.63) is 59.7 Å². The minimum absolute atomic E-state index is 0.393. The zero-order chi connectivity index (χ0) is 21.2. The molecule has 0 unspecified atom stereocenters. The van der Waals surface area contributed by atoms with Gasteiger partial charge in [0.1, 0.15) is 0 Å². The van der Waals surface area contributed by atoms with Crippen molar-refractivity contribution >= 4 is 23.6 Å². The smallest absolute Gasteiger partial charge is 0.331 e. The summed E-state index contributed by atoms with van der Waals surface area (Å²) in [6.45, 7) is 8.31. The summed E-state index contributed by atoms with van der Waals surface area (Å²) in [5.74, 6) is 0.255. The maximum absolute atomic E-state index is 12.2. The Bertz CT molecular complexity index is 858. The van der Waals surface area contributed by atoms with E-state index in [1.165, 1.54) is 13.0 Å². The van der Waals surface area contributed by atoms with Crippen LogP contribution in [0.4, 0.5) is 5.69 Å². The van der Waals surface area contributed by atoms with Gasteiger partial charge in [-0.1, -0.05) is 23.8 Å². The molecule has 6 heteroatoms. The Kier molecular flexibility index (Phi) is 8.27. The van der Waals surface area contributed by atoms with Gasteiger partial charge in [-0.15, -0.1) is 0 Å². The number of amides is 1. The third-order valence-electron chi connectivity index (χ3n) is 3.96. The Labute approximate surface area is 171 Å². The van der Waals surface area contributed by atoms with Gasteiger partial charge in [0.2, 0.25) is 0 Å². The highest BCUT2D eigenvalue weighted by Gasteiger charge is 2.16. The van der Waals surface area contributed by atoms with Crippen molar-refractivity contribution in [3.8, 4) is 11.5 Å². The molecule has 0 fully saturated rings. The van der Waals surface area contributed by atoms with Crippen LogP contribution in [0.3, 0.4) is 0 Å². The minimum Gasteiger partial charge on any atom is -0.490 e. The van der Waals surface area contributed by atoms with Crippen molar-refractivity contribution in [3.63, 3.8) is 0 Å². The summed E-state index contributed by atoms with van der Waals surface area (Å²) < 4.78 is 16.3. The molecular weight excluding hydrogens is 370 g/mol. The predicted molar refractivity (Wildman–Crippen MR) is 113 cm³/mol. The largest absolute Gasteiger partial charge is 0.490 e. The highest BCUT2D eigenvalue weighted by Crippen LogP contribution is 2.29. The van der Waals surface area contributed by atoms with Gasteiger partial charge in [0.05, 0.1) is 13.2 Å². The molecule has 1 amide bonds. The van der Waals surface area contributed by atoms with Crippen LogP contribution in [0, 0.1) is 6.92 Å². The molecule has 0 radical (unpaired) electrons. The van der Waals surface area contributed by atoms with Crippen molar-refractivity contribution in [2.24, 2.45) is 0 Å². The van der Waals surface area contributed by atoms with Crippen LogP contribution in [0.5, 0.6) is 11.5 Å². The number of carbonyl (C=O) groups excluding carboxylic acids is 2. The highest BCUT2D eigenvalue weighted by molar-refractivity contribution is 5.96. The first kappa shape index (κ1) is 22.0. The second-order valence-electron chi connectivity index (χ2n) is 6.34. The Morgan fingerprint density at radius 1 is 1.00 bits per heavy atom. The number of hydrogen-bond donors (Lipinski definition) is 1. The quantitative estimate of drug-likeness (QED) is 0.502. The first-order chi connectivity index (χ1) is 13.9. The van der Waals surface area contributed by atoms with Gasteiger partial charge in [-0.3, -0.25) is 4.79 Å². The van der Waals surface area contributed by atoms with E-state index in [0.717, 1.165) is 11.1 Å². The van der Waals surface area contributed by atoms with E-state index in [2.05, 4.69) is 5.32 Å². The molecule has 0 bridgehead atoms. The van der Waals surface area contributed by atoms with E-state index in [1.807, 2.05) is 39.0 Å². The maximum Gasteiger partial charge on any atom is 0.331 e. The van der Waals surface area contributed by atoms with Gasteiger partial charge in [-0.05, 0) is 63.6 Å². The molecule has 0 saturated heterocycles. The average molecular weight is 397 g/mol. The van der Waals surface area contributed by atoms with E-state index in [1.54, 1.807) is 30.3 Å². The van der Waals surface area contributed by atoms with Gasteiger partial charge in [-0.25, -0.2) is 4.79 Å². The summed E-state index contributed by atoms with van der Waals surface area (Å²) in [6, 6.07) is 12.8. The van der Waals surface area contributed by atoms with Crippen LogP contribution in [0.2, 0.25) is 0 Å². The second kappa shape index (κ2) is 10.9. The molecule has 1 atom stereocenters. The van der Waals surface area contributed by atoms with Gasteiger partial charge < -0.3 is 19.5 Å². The Morgan fingerprint density at radius 3 is 2.31 bits per heavy atom. The molecule has 2 rings (SSSR count). The van der Waals surface area contributed by atoms with Crippen molar-refractivity contribution < 1.29 is 23.8 Å². The molecule has 29 heavy (non-hydrogen) atoms. The average Bonchev–Trinajstić information content (AvgIpc) is 2.70. The third kappa shape index (κ3) is 6.99. The zero-order valence-electron chi connectivity index (χ0n) is 17.2. The third-order valence-corrected chi connectivity index (χ3v) is 3.96. The standard InChI is InChI=1S/C23H27NO5/c1-5-27-20-13-9-18(15-21(20)28-6-2)10-14-22(25)29-17(4)23(26)24-19-11-7-16(3)8-12-19/h7-15,17H,5-6H2,1-4H3,(H,24,26)/b14-10+/t17-/m0/s1. The van der Waals surface area contributed by atoms with Crippen LogP contribution in [0.1, 0.15) is 31.9 Å². The maximum atomic E-state index is 12.2. The first-order valence-electron chi connectivity index (χ1n) is 9.58. The second-order valence-corrected chi connectivity index (χ2v) is 6.34. The normalized spacial score (nSPS) is 11.7. The molecular formula is C23H27NO5. The molecule has 0 aliphatic rings. The summed E-state index contributed by atoms with van der Waals surface area (Å²) in [7, 11) is 0. The van der Waals surface area contributed by atoms with E-state index < -0.39 is 18.0 Å². The van der Waals surface area contributed by atoms with Crippen LogP contribution in [0.15, 0.2) is 48.5 Å². The number of nitrogens with one attached hydrogen (secondary N) is 1. The number of ether oxygens (including phenoxy) is 3. The SMILES string of the molecule is CCOc1ccc(/C=C/C(=O)O[C@@H](C)C(=O)Nc2ccc(C)cc2)cc1OCC. The molecule has 0 saturated carbocycles. The van der Waals surface area contributed by atoms with Crippen LogP contribution >= 0.6 is 0 Å². The number of aryl methyl sites for hydroxylation is 1. The molecule has 0 spiro atoms. The molecule has 0 aromatic heterocycles. The lowest BCUT2D eigenvalue weighted by atomic mass is 10.2. The van der Waals surface area contributed by atoms with Gasteiger partial charge in [0.25, 0.3) is 5.91 Å². The zero-order valence-corrected chi connectivity index (χ0v) is 17.2. The highest BCUT2D eigenvalue weighted by atomic mass is 16.5. The van der Waals surface area contributed by atoms with E-state index in [9.17, 15) is 9.59 Å². The lowest BCUT2D eigenvalue weighted by Gasteiger charge is -2.13. The van der Waals surface area contributed by atoms with Crippen molar-refractivity contribution in [1.82, 2.24) is 0 Å². The molecule has 2 aromatic carbocycles. The van der Waals surface area contributed by atoms with Crippen LogP contribution in [-0.2, 0) is 14.3 Å². The molecule has 0 aliphatic carbocycles. The van der Waals surface area contributed by atoms with Crippen LogP contribution in [-0.4, -0.2) is 31.2 Å². The summed E-state index contributed by atoms with van der Waals surface area (Å²) in [5.41, 5.74) is 2.50. The van der Waals surface area contributed by atoms with E-state index >= 15 is 0 Å². The lowest BCUT2D eigenvalue weighted by molar-refractivity contribution is -0.148. The van der Waals surface area contributed by atoms with Crippen molar-refractivity contribution in [2.45, 2.75) is 33.8 Å². The number of benzene rings is 2. The predicted octanol–water partition coefficient (Wildman–Crippen LogP) is 4.38. The fraction of sp³-hybridized carbons (Fsp3) is 0.304. The summed E-state index contributed by atoms with van der Waals surface area (Å²) in [6.07, 6.45) is 1.96. The van der Waals surface area contributed by atoms with E-state index in [0.29, 0.717) is 30.4 Å². The Hall–Kier alpha value is -3.28. The molecule has 0 heterocycles. The van der Waals surface area contributed by atoms with Crippen molar-refractivity contribution in [1.29, 1.82) is 0 Å². The molecule has 2 aromatic rings. The van der Waals surface area contributed by atoms with Gasteiger partial charge in [-0.2, -0.15) is 0 Å². The molecule has 6 nitrogen and oxygen atoms in total. The summed E-state index contributed by atoms with van der Waals surface area (Å²) in [4.78, 5) is 24.2. The van der Waals surface area contributed by atoms with Crippen molar-refractivity contribution in [2.75, 3.05) is 18.5 Å². The summed E-state index contributed by atoms with van der Waals surface area (Å²) >= 11 is 0. The number of rotatable bonds is 9. The number of anilines is 1. The van der Waals surface area contributed by atoms with E-state index in [4.69, 9.17) is 14.2 Å². The molecule has 1 N–H and O–H groups in total. The Balaban J connectivity index is 1.94. The Morgan fingerprint density at radius 2 is 1.66 bits per heavy atom. The fourth-order valence-electron chi connectivity index (χ4n) is 2.48. The van der Waals surface area contributed by atoms with Gasteiger partial charge in [0, 0.05) is 11.8 Å². The monoisotopic (exact) mass is 397 g/mol. The van der Waals surface area contributed by atoms with Gasteiger partial charge >= 0.3 is 5.97 Å². The van der Waals surface area contributed by atoms with Crippen LogP contribution in [0.25, 0.3) is 6.08 Å². The number of hydrogen-bond acceptors (Lipinski definition) is 5. The fourth-order valence-corrected chi connectivity index (χ4v) is 2.48. The molecule has 0 aliphatic heterocycles. The van der Waals surface area contributed by atoms with Crippen LogP contribution < -0.4 is 14.8 Å². The first-order valence-corrected chi connectivity index (χ1v) is 9.58. The topological polar surface area (TPSA) is 73.9 Å². The lowest BCUT2D eigenvalue weighted by Crippen LogP contribution is -2.29. The van der Waals surface area contributed by atoms with Gasteiger partial charge in [0.15, 0.2) is 17.6 Å². The number of esters is 1.